The Hall–Kier alpha value is -0.610. The zero-order valence-electron chi connectivity index (χ0n) is 7.16. The van der Waals surface area contributed by atoms with Gasteiger partial charge in [-0.15, -0.1) is 0 Å². The van der Waals surface area contributed by atoms with Crippen molar-refractivity contribution in [1.82, 2.24) is 4.90 Å². The molecule has 0 radical (unpaired) electrons. The number of aliphatic hydroxyl groups is 1. The molecule has 1 atom stereocenters. The molecule has 0 spiro atoms. The fraction of sp³-hybridized carbons (Fsp3) is 0.857. The van der Waals surface area contributed by atoms with Gasteiger partial charge in [0.2, 0.25) is 0 Å². The molecule has 11 heavy (non-hydrogen) atoms. The number of hydrogen-bond donors (Lipinski definition) is 2. The Morgan fingerprint density at radius 1 is 1.55 bits per heavy atom. The number of carbonyl (C=O) groups is 1. The summed E-state index contributed by atoms with van der Waals surface area (Å²) in [6.45, 7) is 1.48. The number of likely N-dealkylation sites (N-methyl/N-ethyl adjacent to an activating group) is 1. The summed E-state index contributed by atoms with van der Waals surface area (Å²) in [5.74, 6) is -0.906. The smallest absolute Gasteiger partial charge is 0.323 e. The highest BCUT2D eigenvalue weighted by molar-refractivity contribution is 5.78. The van der Waals surface area contributed by atoms with E-state index in [1.807, 2.05) is 0 Å². The summed E-state index contributed by atoms with van der Waals surface area (Å²) in [6.07, 6.45) is 0.245. The standard InChI is InChI=1S/C7H15NO3/c1-7(4-5-9,6(10)11)8(2)3/h9H,4-5H2,1-3H3,(H,10,11)/t7-/m0/s1. The van der Waals surface area contributed by atoms with Crippen LogP contribution < -0.4 is 0 Å². The molecule has 0 aromatic heterocycles. The molecule has 0 saturated carbocycles. The van der Waals surface area contributed by atoms with Crippen LogP contribution in [0.5, 0.6) is 0 Å². The van der Waals surface area contributed by atoms with Crippen LogP contribution in [0.3, 0.4) is 0 Å². The third kappa shape index (κ3) is 2.17. The van der Waals surface area contributed by atoms with Gasteiger partial charge in [-0.25, -0.2) is 0 Å². The van der Waals surface area contributed by atoms with Crippen molar-refractivity contribution in [2.75, 3.05) is 20.7 Å². The molecule has 0 aliphatic carbocycles. The maximum Gasteiger partial charge on any atom is 0.323 e. The summed E-state index contributed by atoms with van der Waals surface area (Å²) < 4.78 is 0. The van der Waals surface area contributed by atoms with Gasteiger partial charge in [0.05, 0.1) is 0 Å². The van der Waals surface area contributed by atoms with E-state index in [1.165, 1.54) is 0 Å². The van der Waals surface area contributed by atoms with E-state index in [0.29, 0.717) is 0 Å². The van der Waals surface area contributed by atoms with E-state index in [1.54, 1.807) is 25.9 Å². The fourth-order valence-electron chi connectivity index (χ4n) is 0.740. The molecular weight excluding hydrogens is 146 g/mol. The second-order valence-electron chi connectivity index (χ2n) is 2.95. The van der Waals surface area contributed by atoms with Crippen LogP contribution in [-0.4, -0.2) is 47.3 Å². The van der Waals surface area contributed by atoms with Gasteiger partial charge in [0, 0.05) is 6.61 Å². The van der Waals surface area contributed by atoms with Crippen molar-refractivity contribution in [2.24, 2.45) is 0 Å². The van der Waals surface area contributed by atoms with Gasteiger partial charge in [-0.1, -0.05) is 0 Å². The highest BCUT2D eigenvalue weighted by Gasteiger charge is 2.34. The number of carboxylic acids is 1. The summed E-state index contributed by atoms with van der Waals surface area (Å²) in [7, 11) is 3.37. The van der Waals surface area contributed by atoms with Crippen molar-refractivity contribution < 1.29 is 15.0 Å². The van der Waals surface area contributed by atoms with E-state index in [9.17, 15) is 4.79 Å². The lowest BCUT2D eigenvalue weighted by atomic mass is 9.97. The monoisotopic (exact) mass is 161 g/mol. The maximum atomic E-state index is 10.7. The van der Waals surface area contributed by atoms with Crippen molar-refractivity contribution in [3.63, 3.8) is 0 Å². The molecule has 0 aliphatic heterocycles. The second-order valence-corrected chi connectivity index (χ2v) is 2.95. The molecule has 0 aromatic rings. The average molecular weight is 161 g/mol. The average Bonchev–Trinajstić information content (AvgIpc) is 1.87. The van der Waals surface area contributed by atoms with Crippen LogP contribution in [0.25, 0.3) is 0 Å². The maximum absolute atomic E-state index is 10.7. The van der Waals surface area contributed by atoms with Gasteiger partial charge in [-0.2, -0.15) is 0 Å². The van der Waals surface area contributed by atoms with E-state index in [-0.39, 0.29) is 13.0 Å². The molecule has 0 unspecified atom stereocenters. The summed E-state index contributed by atoms with van der Waals surface area (Å²) in [5, 5.41) is 17.4. The van der Waals surface area contributed by atoms with Gasteiger partial charge in [0.25, 0.3) is 0 Å². The number of aliphatic hydroxyl groups excluding tert-OH is 1. The first-order chi connectivity index (χ1) is 4.95. The highest BCUT2D eigenvalue weighted by Crippen LogP contribution is 2.15. The van der Waals surface area contributed by atoms with Gasteiger partial charge in [-0.3, -0.25) is 9.69 Å². The third-order valence-electron chi connectivity index (χ3n) is 2.05. The van der Waals surface area contributed by atoms with Crippen LogP contribution in [0.2, 0.25) is 0 Å². The Labute approximate surface area is 66.4 Å². The van der Waals surface area contributed by atoms with E-state index in [0.717, 1.165) is 0 Å². The van der Waals surface area contributed by atoms with Crippen molar-refractivity contribution in [2.45, 2.75) is 18.9 Å². The summed E-state index contributed by atoms with van der Waals surface area (Å²) >= 11 is 0. The minimum absolute atomic E-state index is 0.110. The van der Waals surface area contributed by atoms with Crippen LogP contribution in [0, 0.1) is 0 Å². The fourth-order valence-corrected chi connectivity index (χ4v) is 0.740. The van der Waals surface area contributed by atoms with Crippen LogP contribution in [0.1, 0.15) is 13.3 Å². The molecule has 4 heteroatoms. The Bertz CT molecular complexity index is 147. The van der Waals surface area contributed by atoms with Crippen molar-refractivity contribution in [3.05, 3.63) is 0 Å². The zero-order chi connectivity index (χ0) is 9.07. The van der Waals surface area contributed by atoms with E-state index < -0.39 is 11.5 Å². The minimum Gasteiger partial charge on any atom is -0.480 e. The van der Waals surface area contributed by atoms with E-state index >= 15 is 0 Å². The third-order valence-corrected chi connectivity index (χ3v) is 2.05. The number of nitrogens with zero attached hydrogens (tertiary/aromatic N) is 1. The van der Waals surface area contributed by atoms with Crippen molar-refractivity contribution in [1.29, 1.82) is 0 Å². The molecular formula is C7H15NO3. The number of carboxylic acid groups (broad SMARTS) is 1. The molecule has 0 saturated heterocycles. The lowest BCUT2D eigenvalue weighted by molar-refractivity contribution is -0.149. The van der Waals surface area contributed by atoms with Crippen LogP contribution >= 0.6 is 0 Å². The van der Waals surface area contributed by atoms with Crippen LogP contribution in [-0.2, 0) is 4.79 Å². The van der Waals surface area contributed by atoms with Crippen molar-refractivity contribution in [3.8, 4) is 0 Å². The summed E-state index contributed by atoms with van der Waals surface area (Å²) in [4.78, 5) is 12.3. The number of rotatable bonds is 4. The predicted molar refractivity (Wildman–Crippen MR) is 41.4 cm³/mol. The lowest BCUT2D eigenvalue weighted by Gasteiger charge is -2.31. The van der Waals surface area contributed by atoms with Gasteiger partial charge >= 0.3 is 5.97 Å². The predicted octanol–water partition coefficient (Wildman–Crippen LogP) is -0.226. The van der Waals surface area contributed by atoms with Crippen molar-refractivity contribution >= 4 is 5.97 Å². The SMILES string of the molecule is CN(C)[C@@](C)(CCO)C(=O)O. The summed E-state index contributed by atoms with van der Waals surface area (Å²) in [6, 6.07) is 0. The lowest BCUT2D eigenvalue weighted by Crippen LogP contribution is -2.49. The van der Waals surface area contributed by atoms with Gasteiger partial charge in [-0.05, 0) is 27.4 Å². The molecule has 0 heterocycles. The van der Waals surface area contributed by atoms with Gasteiger partial charge < -0.3 is 10.2 Å². The molecule has 0 bridgehead atoms. The normalized spacial score (nSPS) is 16.5. The molecule has 0 amide bonds. The van der Waals surface area contributed by atoms with E-state index in [4.69, 9.17) is 10.2 Å². The number of aliphatic carboxylic acids is 1. The first-order valence-corrected chi connectivity index (χ1v) is 3.47. The molecule has 2 N–H and O–H groups in total. The molecule has 0 rings (SSSR count). The molecule has 0 aliphatic rings. The summed E-state index contributed by atoms with van der Waals surface area (Å²) in [5.41, 5.74) is -0.950. The molecule has 0 fully saturated rings. The van der Waals surface area contributed by atoms with E-state index in [2.05, 4.69) is 0 Å². The Morgan fingerprint density at radius 2 is 2.00 bits per heavy atom. The highest BCUT2D eigenvalue weighted by atomic mass is 16.4. The zero-order valence-corrected chi connectivity index (χ0v) is 7.16. The Balaban J connectivity index is 4.38. The molecule has 0 aromatic carbocycles. The van der Waals surface area contributed by atoms with Gasteiger partial charge in [0.1, 0.15) is 5.54 Å². The van der Waals surface area contributed by atoms with Gasteiger partial charge in [0.15, 0.2) is 0 Å². The van der Waals surface area contributed by atoms with Crippen LogP contribution in [0.4, 0.5) is 0 Å². The topological polar surface area (TPSA) is 60.8 Å². The Morgan fingerprint density at radius 3 is 2.09 bits per heavy atom. The largest absolute Gasteiger partial charge is 0.480 e. The Kier molecular flexibility index (Phi) is 3.48. The second kappa shape index (κ2) is 3.69. The molecule has 4 nitrogen and oxygen atoms in total. The molecule has 66 valence electrons. The first-order valence-electron chi connectivity index (χ1n) is 3.47. The minimum atomic E-state index is -0.950. The first kappa shape index (κ1) is 10.4. The number of hydrogen-bond acceptors (Lipinski definition) is 3. The van der Waals surface area contributed by atoms with Crippen LogP contribution in [0.15, 0.2) is 0 Å². The quantitative estimate of drug-likeness (QED) is 0.598.